The second kappa shape index (κ2) is 4.93. The summed E-state index contributed by atoms with van der Waals surface area (Å²) in [6.07, 6.45) is 7.32. The quantitative estimate of drug-likeness (QED) is 0.767. The Labute approximate surface area is 117 Å². The van der Waals surface area contributed by atoms with E-state index in [-0.39, 0.29) is 17.6 Å². The Morgan fingerprint density at radius 1 is 1.35 bits per heavy atom. The normalized spacial score (nSPS) is 24.8. The van der Waals surface area contributed by atoms with Gasteiger partial charge in [0.15, 0.2) is 0 Å². The lowest BCUT2D eigenvalue weighted by Crippen LogP contribution is -2.25. The number of fused-ring (bicyclic) bond motifs is 1. The first-order valence-corrected chi connectivity index (χ1v) is 6.76. The Kier molecular flexibility index (Phi) is 3.11. The second-order valence-electron chi connectivity index (χ2n) is 5.24. The number of allylic oxidation sites excluding steroid dienone is 3. The molecule has 0 saturated heterocycles. The summed E-state index contributed by atoms with van der Waals surface area (Å²) in [7, 11) is 0. The monoisotopic (exact) mass is 268 g/mol. The topological polar surface area (TPSA) is 79.3 Å². The van der Waals surface area contributed by atoms with Crippen molar-refractivity contribution in [2.24, 2.45) is 11.7 Å². The number of nitriles is 1. The minimum absolute atomic E-state index is 0.0469. The molecule has 1 aromatic carbocycles. The van der Waals surface area contributed by atoms with Crippen LogP contribution in [0.4, 0.5) is 0 Å². The van der Waals surface area contributed by atoms with E-state index in [9.17, 15) is 10.4 Å². The highest BCUT2D eigenvalue weighted by atomic mass is 16.5. The van der Waals surface area contributed by atoms with Gasteiger partial charge in [0.2, 0.25) is 5.88 Å². The molecular weight excluding hydrogens is 252 g/mol. The van der Waals surface area contributed by atoms with Crippen molar-refractivity contribution >= 4 is 0 Å². The first kappa shape index (κ1) is 12.6. The van der Waals surface area contributed by atoms with Gasteiger partial charge >= 0.3 is 0 Å². The molecule has 2 atom stereocenters. The van der Waals surface area contributed by atoms with E-state index in [0.29, 0.717) is 17.2 Å². The standard InChI is InChI=1S/C16H16N2O2/c17-9-13-15(10-4-2-1-3-5-10)12-7-6-11(19)8-14(12)20-16(13)18/h1-2,6-8,10,15,19H,3-5,18H2. The van der Waals surface area contributed by atoms with Crippen LogP contribution in [0.15, 0.2) is 41.8 Å². The maximum atomic E-state index is 9.58. The van der Waals surface area contributed by atoms with Gasteiger partial charge in [-0.3, -0.25) is 0 Å². The molecule has 0 spiro atoms. The van der Waals surface area contributed by atoms with E-state index in [0.717, 1.165) is 24.8 Å². The smallest absolute Gasteiger partial charge is 0.205 e. The summed E-state index contributed by atoms with van der Waals surface area (Å²) in [4.78, 5) is 0. The van der Waals surface area contributed by atoms with E-state index in [4.69, 9.17) is 10.5 Å². The number of benzene rings is 1. The molecule has 2 unspecified atom stereocenters. The molecule has 1 aromatic rings. The molecule has 0 bridgehead atoms. The van der Waals surface area contributed by atoms with E-state index in [2.05, 4.69) is 18.2 Å². The molecule has 0 fully saturated rings. The highest BCUT2D eigenvalue weighted by Gasteiger charge is 2.35. The van der Waals surface area contributed by atoms with Gasteiger partial charge in [0.1, 0.15) is 17.6 Å². The molecule has 0 radical (unpaired) electrons. The Morgan fingerprint density at radius 2 is 2.20 bits per heavy atom. The van der Waals surface area contributed by atoms with E-state index in [1.54, 1.807) is 12.1 Å². The minimum Gasteiger partial charge on any atom is -0.508 e. The van der Waals surface area contributed by atoms with Crippen LogP contribution in [0.2, 0.25) is 0 Å². The third kappa shape index (κ3) is 2.01. The molecule has 3 N–H and O–H groups in total. The molecule has 0 aromatic heterocycles. The van der Waals surface area contributed by atoms with Crippen LogP contribution in [0, 0.1) is 17.2 Å². The Bertz CT molecular complexity index is 640. The molecule has 2 aliphatic rings. The highest BCUT2D eigenvalue weighted by molar-refractivity contribution is 5.52. The zero-order valence-corrected chi connectivity index (χ0v) is 11.0. The zero-order valence-electron chi connectivity index (χ0n) is 11.0. The number of hydrogen-bond acceptors (Lipinski definition) is 4. The van der Waals surface area contributed by atoms with Crippen LogP contribution in [-0.2, 0) is 0 Å². The predicted molar refractivity (Wildman–Crippen MR) is 74.8 cm³/mol. The van der Waals surface area contributed by atoms with Crippen molar-refractivity contribution < 1.29 is 9.84 Å². The van der Waals surface area contributed by atoms with Crippen LogP contribution in [0.3, 0.4) is 0 Å². The summed E-state index contributed by atoms with van der Waals surface area (Å²) in [5.41, 5.74) is 7.33. The number of phenolic OH excluding ortho intramolecular Hbond substituents is 1. The highest BCUT2D eigenvalue weighted by Crippen LogP contribution is 2.46. The summed E-state index contributed by atoms with van der Waals surface area (Å²) in [6, 6.07) is 7.22. The van der Waals surface area contributed by atoms with Crippen LogP contribution in [0.5, 0.6) is 11.5 Å². The van der Waals surface area contributed by atoms with Gasteiger partial charge in [-0.25, -0.2) is 0 Å². The van der Waals surface area contributed by atoms with Crippen molar-refractivity contribution in [3.63, 3.8) is 0 Å². The molecule has 1 aliphatic carbocycles. The molecule has 102 valence electrons. The largest absolute Gasteiger partial charge is 0.508 e. The molecule has 0 amide bonds. The summed E-state index contributed by atoms with van der Waals surface area (Å²) in [5, 5.41) is 19.0. The number of hydrogen-bond donors (Lipinski definition) is 2. The van der Waals surface area contributed by atoms with Crippen LogP contribution < -0.4 is 10.5 Å². The molecule has 3 rings (SSSR count). The lowest BCUT2D eigenvalue weighted by molar-refractivity contribution is 0.345. The van der Waals surface area contributed by atoms with Crippen molar-refractivity contribution in [2.75, 3.05) is 0 Å². The number of nitrogens with zero attached hydrogens (tertiary/aromatic N) is 1. The van der Waals surface area contributed by atoms with Crippen LogP contribution >= 0.6 is 0 Å². The fourth-order valence-corrected chi connectivity index (χ4v) is 3.08. The number of nitrogens with two attached hydrogens (primary N) is 1. The Hall–Kier alpha value is -2.41. The maximum absolute atomic E-state index is 9.58. The van der Waals surface area contributed by atoms with Crippen molar-refractivity contribution in [3.05, 3.63) is 47.4 Å². The van der Waals surface area contributed by atoms with E-state index < -0.39 is 0 Å². The van der Waals surface area contributed by atoms with Gasteiger partial charge in [0.05, 0.1) is 5.57 Å². The third-order valence-electron chi connectivity index (χ3n) is 4.03. The SMILES string of the molecule is N#CC1=C(N)Oc2cc(O)ccc2C1C1CC=CCC1. The molecule has 20 heavy (non-hydrogen) atoms. The van der Waals surface area contributed by atoms with Gasteiger partial charge < -0.3 is 15.6 Å². The summed E-state index contributed by atoms with van der Waals surface area (Å²) < 4.78 is 5.49. The molecule has 0 saturated carbocycles. The van der Waals surface area contributed by atoms with Crippen molar-refractivity contribution in [1.29, 1.82) is 5.26 Å². The zero-order chi connectivity index (χ0) is 14.1. The summed E-state index contributed by atoms with van der Waals surface area (Å²) in [5.74, 6) is 1.15. The average molecular weight is 268 g/mol. The molecular formula is C16H16N2O2. The Morgan fingerprint density at radius 3 is 2.90 bits per heavy atom. The van der Waals surface area contributed by atoms with Gasteiger partial charge in [-0.05, 0) is 31.2 Å². The van der Waals surface area contributed by atoms with Gasteiger partial charge in [0.25, 0.3) is 0 Å². The molecule has 1 aliphatic heterocycles. The van der Waals surface area contributed by atoms with Crippen LogP contribution in [-0.4, -0.2) is 5.11 Å². The Balaban J connectivity index is 2.09. The summed E-state index contributed by atoms with van der Waals surface area (Å²) in [6.45, 7) is 0. The lowest BCUT2D eigenvalue weighted by atomic mass is 9.74. The van der Waals surface area contributed by atoms with Crippen LogP contribution in [0.1, 0.15) is 30.7 Å². The van der Waals surface area contributed by atoms with Crippen molar-refractivity contribution in [3.8, 4) is 17.6 Å². The fourth-order valence-electron chi connectivity index (χ4n) is 3.08. The number of phenols is 1. The van der Waals surface area contributed by atoms with Crippen LogP contribution in [0.25, 0.3) is 0 Å². The fraction of sp³-hybridized carbons (Fsp3) is 0.312. The molecule has 4 heteroatoms. The van der Waals surface area contributed by atoms with E-state index in [1.807, 2.05) is 6.07 Å². The first-order chi connectivity index (χ1) is 9.70. The van der Waals surface area contributed by atoms with Crippen molar-refractivity contribution in [2.45, 2.75) is 25.2 Å². The molecule has 4 nitrogen and oxygen atoms in total. The van der Waals surface area contributed by atoms with Crippen molar-refractivity contribution in [1.82, 2.24) is 0 Å². The number of aromatic hydroxyl groups is 1. The van der Waals surface area contributed by atoms with Gasteiger partial charge in [-0.15, -0.1) is 0 Å². The maximum Gasteiger partial charge on any atom is 0.205 e. The van der Waals surface area contributed by atoms with Gasteiger partial charge in [0, 0.05) is 17.5 Å². The lowest BCUT2D eigenvalue weighted by Gasteiger charge is -2.32. The number of rotatable bonds is 1. The second-order valence-corrected chi connectivity index (χ2v) is 5.24. The average Bonchev–Trinajstić information content (AvgIpc) is 2.46. The van der Waals surface area contributed by atoms with E-state index in [1.165, 1.54) is 0 Å². The molecule has 1 heterocycles. The van der Waals surface area contributed by atoms with E-state index >= 15 is 0 Å². The predicted octanol–water partition coefficient (Wildman–Crippen LogP) is 2.92. The van der Waals surface area contributed by atoms with Gasteiger partial charge in [-0.1, -0.05) is 18.2 Å². The number of ether oxygens (including phenoxy) is 1. The van der Waals surface area contributed by atoms with Gasteiger partial charge in [-0.2, -0.15) is 5.26 Å². The first-order valence-electron chi connectivity index (χ1n) is 6.76. The summed E-state index contributed by atoms with van der Waals surface area (Å²) >= 11 is 0. The minimum atomic E-state index is -0.0469. The third-order valence-corrected chi connectivity index (χ3v) is 4.03.